The summed E-state index contributed by atoms with van der Waals surface area (Å²) in [6.07, 6.45) is -0.220. The third-order valence-corrected chi connectivity index (χ3v) is 2.89. The van der Waals surface area contributed by atoms with Crippen molar-refractivity contribution in [2.75, 3.05) is 0 Å². The molecule has 0 aromatic heterocycles. The van der Waals surface area contributed by atoms with Gasteiger partial charge in [0.25, 0.3) is 5.69 Å². The molecule has 0 heterocycles. The molecule has 0 bridgehead atoms. The van der Waals surface area contributed by atoms with Gasteiger partial charge in [0.15, 0.2) is 0 Å². The van der Waals surface area contributed by atoms with Crippen LogP contribution in [0.15, 0.2) is 48.5 Å². The Balaban J connectivity index is 1.89. The summed E-state index contributed by atoms with van der Waals surface area (Å²) in [5, 5.41) is 20.3. The summed E-state index contributed by atoms with van der Waals surface area (Å²) in [5.74, 6) is -0.685. The number of hydrogen-bond donors (Lipinski definition) is 2. The van der Waals surface area contributed by atoms with Crippen LogP contribution in [0.2, 0.25) is 0 Å². The van der Waals surface area contributed by atoms with E-state index in [-0.39, 0.29) is 30.0 Å². The number of hydroxylamine groups is 1. The van der Waals surface area contributed by atoms with Crippen LogP contribution in [0.4, 0.5) is 5.69 Å². The van der Waals surface area contributed by atoms with Gasteiger partial charge < -0.3 is 5.11 Å². The van der Waals surface area contributed by atoms with Gasteiger partial charge in [-0.3, -0.25) is 19.7 Å². The van der Waals surface area contributed by atoms with Crippen LogP contribution in [-0.4, -0.2) is 15.9 Å². The van der Waals surface area contributed by atoms with E-state index in [9.17, 15) is 20.0 Å². The lowest BCUT2D eigenvalue weighted by Crippen LogP contribution is -2.25. The number of phenols is 1. The molecule has 0 radical (unpaired) electrons. The van der Waals surface area contributed by atoms with Crippen LogP contribution >= 0.6 is 0 Å². The van der Waals surface area contributed by atoms with Crippen LogP contribution in [0.5, 0.6) is 5.75 Å². The second kappa shape index (κ2) is 7.19. The number of rotatable bonds is 6. The van der Waals surface area contributed by atoms with Gasteiger partial charge >= 0.3 is 0 Å². The Morgan fingerprint density at radius 1 is 1.23 bits per heavy atom. The summed E-state index contributed by atoms with van der Waals surface area (Å²) in [6, 6.07) is 12.8. The van der Waals surface area contributed by atoms with E-state index in [1.807, 2.05) is 30.3 Å². The number of aromatic hydroxyl groups is 1. The molecule has 7 heteroatoms. The first-order valence-corrected chi connectivity index (χ1v) is 6.47. The maximum absolute atomic E-state index is 11.7. The van der Waals surface area contributed by atoms with Crippen molar-refractivity contribution in [3.05, 3.63) is 69.8 Å². The first-order chi connectivity index (χ1) is 10.6. The van der Waals surface area contributed by atoms with Crippen molar-refractivity contribution >= 4 is 11.6 Å². The number of nitrogens with zero attached hydrogens (tertiary/aromatic N) is 1. The minimum atomic E-state index is -0.591. The summed E-state index contributed by atoms with van der Waals surface area (Å²) < 4.78 is 0. The molecule has 114 valence electrons. The Labute approximate surface area is 126 Å². The predicted octanol–water partition coefficient (Wildman–Crippen LogP) is 2.09. The Morgan fingerprint density at radius 2 is 1.95 bits per heavy atom. The summed E-state index contributed by atoms with van der Waals surface area (Å²) in [5.41, 5.74) is 3.10. The average Bonchev–Trinajstić information content (AvgIpc) is 2.50. The summed E-state index contributed by atoms with van der Waals surface area (Å²) in [4.78, 5) is 26.9. The summed E-state index contributed by atoms with van der Waals surface area (Å²) in [6.45, 7) is 0.202. The average molecular weight is 302 g/mol. The quantitative estimate of drug-likeness (QED) is 0.628. The molecule has 2 N–H and O–H groups in total. The molecular formula is C15H14N2O5. The van der Waals surface area contributed by atoms with Gasteiger partial charge in [0.1, 0.15) is 5.75 Å². The number of hydrogen-bond acceptors (Lipinski definition) is 5. The van der Waals surface area contributed by atoms with Crippen LogP contribution in [-0.2, 0) is 22.7 Å². The van der Waals surface area contributed by atoms with Crippen LogP contribution in [0.3, 0.4) is 0 Å². The van der Waals surface area contributed by atoms with Crippen molar-refractivity contribution in [1.82, 2.24) is 5.48 Å². The summed E-state index contributed by atoms with van der Waals surface area (Å²) in [7, 11) is 0. The van der Waals surface area contributed by atoms with Crippen LogP contribution in [0.1, 0.15) is 11.1 Å². The van der Waals surface area contributed by atoms with E-state index in [2.05, 4.69) is 5.48 Å². The molecule has 0 aliphatic rings. The monoisotopic (exact) mass is 302 g/mol. The van der Waals surface area contributed by atoms with E-state index in [1.165, 1.54) is 12.1 Å². The molecule has 0 saturated heterocycles. The second-order valence-electron chi connectivity index (χ2n) is 4.55. The van der Waals surface area contributed by atoms with Crippen molar-refractivity contribution in [3.8, 4) is 5.75 Å². The molecule has 0 unspecified atom stereocenters. The highest BCUT2D eigenvalue weighted by molar-refractivity contribution is 5.78. The number of nitrogens with one attached hydrogen (secondary N) is 1. The first kappa shape index (κ1) is 15.5. The van der Waals surface area contributed by atoms with E-state index in [0.29, 0.717) is 0 Å². The van der Waals surface area contributed by atoms with Crippen molar-refractivity contribution in [1.29, 1.82) is 0 Å². The molecule has 2 rings (SSSR count). The predicted molar refractivity (Wildman–Crippen MR) is 77.8 cm³/mol. The molecule has 0 spiro atoms. The van der Waals surface area contributed by atoms with Crippen molar-refractivity contribution in [2.24, 2.45) is 0 Å². The van der Waals surface area contributed by atoms with Crippen LogP contribution in [0.25, 0.3) is 0 Å². The number of benzene rings is 2. The highest BCUT2D eigenvalue weighted by Gasteiger charge is 2.13. The zero-order valence-corrected chi connectivity index (χ0v) is 11.6. The fraction of sp³-hybridized carbons (Fsp3) is 0.133. The van der Waals surface area contributed by atoms with Gasteiger partial charge in [-0.05, 0) is 11.6 Å². The smallest absolute Gasteiger partial charge is 0.269 e. The molecule has 7 nitrogen and oxygen atoms in total. The van der Waals surface area contributed by atoms with Gasteiger partial charge in [-0.15, -0.1) is 0 Å². The number of carbonyl (C=O) groups is 1. The van der Waals surface area contributed by atoms with E-state index < -0.39 is 10.8 Å². The van der Waals surface area contributed by atoms with E-state index in [1.54, 1.807) is 0 Å². The molecule has 22 heavy (non-hydrogen) atoms. The molecule has 0 aliphatic carbocycles. The lowest BCUT2D eigenvalue weighted by molar-refractivity contribution is -0.384. The normalized spacial score (nSPS) is 10.2. The highest BCUT2D eigenvalue weighted by atomic mass is 16.7. The molecule has 0 saturated carbocycles. The Hall–Kier alpha value is -2.93. The van der Waals surface area contributed by atoms with Gasteiger partial charge in [0.2, 0.25) is 5.91 Å². The molecule has 0 atom stereocenters. The van der Waals surface area contributed by atoms with E-state index in [0.717, 1.165) is 11.6 Å². The highest BCUT2D eigenvalue weighted by Crippen LogP contribution is 2.23. The topological polar surface area (TPSA) is 102 Å². The van der Waals surface area contributed by atoms with Crippen LogP contribution < -0.4 is 5.48 Å². The number of phenolic OH excluding ortho intramolecular Hbond substituents is 1. The Kier molecular flexibility index (Phi) is 5.05. The lowest BCUT2D eigenvalue weighted by Gasteiger charge is -2.07. The SMILES string of the molecule is O=C(Cc1cc([N+](=O)[O-])ccc1O)NOCc1ccccc1. The number of amides is 1. The van der Waals surface area contributed by atoms with Crippen LogP contribution in [0, 0.1) is 10.1 Å². The maximum atomic E-state index is 11.7. The molecular weight excluding hydrogens is 288 g/mol. The minimum Gasteiger partial charge on any atom is -0.508 e. The zero-order chi connectivity index (χ0) is 15.9. The fourth-order valence-corrected chi connectivity index (χ4v) is 1.81. The minimum absolute atomic E-state index is 0.162. The standard InChI is InChI=1S/C15H14N2O5/c18-14-7-6-13(17(20)21)8-12(14)9-15(19)16-22-10-11-4-2-1-3-5-11/h1-8,18H,9-10H2,(H,16,19). The van der Waals surface area contributed by atoms with Gasteiger partial charge in [-0.1, -0.05) is 30.3 Å². The van der Waals surface area contributed by atoms with Gasteiger partial charge in [-0.25, -0.2) is 5.48 Å². The molecule has 1 amide bonds. The van der Waals surface area contributed by atoms with Crippen molar-refractivity contribution < 1.29 is 19.7 Å². The number of nitro groups is 1. The molecule has 2 aromatic rings. The van der Waals surface area contributed by atoms with Gasteiger partial charge in [0, 0.05) is 17.7 Å². The van der Waals surface area contributed by atoms with Crippen molar-refractivity contribution in [2.45, 2.75) is 13.0 Å². The fourth-order valence-electron chi connectivity index (χ4n) is 1.81. The number of nitro benzene ring substituents is 1. The van der Waals surface area contributed by atoms with Gasteiger partial charge in [-0.2, -0.15) is 0 Å². The zero-order valence-electron chi connectivity index (χ0n) is 11.6. The Bertz CT molecular complexity index is 673. The molecule has 2 aromatic carbocycles. The number of carbonyl (C=O) groups excluding carboxylic acids is 1. The summed E-state index contributed by atoms with van der Waals surface area (Å²) >= 11 is 0. The first-order valence-electron chi connectivity index (χ1n) is 6.47. The third-order valence-electron chi connectivity index (χ3n) is 2.89. The van der Waals surface area contributed by atoms with Crippen molar-refractivity contribution in [3.63, 3.8) is 0 Å². The van der Waals surface area contributed by atoms with E-state index >= 15 is 0 Å². The van der Waals surface area contributed by atoms with Gasteiger partial charge in [0.05, 0.1) is 18.0 Å². The molecule has 0 fully saturated rings. The lowest BCUT2D eigenvalue weighted by atomic mass is 10.1. The maximum Gasteiger partial charge on any atom is 0.269 e. The Morgan fingerprint density at radius 3 is 2.64 bits per heavy atom. The largest absolute Gasteiger partial charge is 0.508 e. The molecule has 0 aliphatic heterocycles. The second-order valence-corrected chi connectivity index (χ2v) is 4.55. The number of non-ortho nitro benzene ring substituents is 1. The van der Waals surface area contributed by atoms with E-state index in [4.69, 9.17) is 4.84 Å². The third kappa shape index (κ3) is 4.29.